The molecule has 35 heavy (non-hydrogen) atoms. The van der Waals surface area contributed by atoms with Crippen molar-refractivity contribution in [1.29, 1.82) is 0 Å². The average molecular weight is 548 g/mol. The van der Waals surface area contributed by atoms with Gasteiger partial charge in [0.15, 0.2) is 5.82 Å². The Balaban J connectivity index is 1.55. The maximum atomic E-state index is 12.6. The van der Waals surface area contributed by atoms with Gasteiger partial charge in [-0.25, -0.2) is 19.7 Å². The van der Waals surface area contributed by atoms with Crippen LogP contribution in [0.3, 0.4) is 0 Å². The number of rotatable bonds is 6. The molecular formula is C23H30BrN7O4. The van der Waals surface area contributed by atoms with Gasteiger partial charge in [0, 0.05) is 20.2 Å². The molecule has 0 bridgehead atoms. The first-order valence-corrected chi connectivity index (χ1v) is 12.2. The van der Waals surface area contributed by atoms with E-state index < -0.39 is 5.60 Å². The Morgan fingerprint density at radius 1 is 1.26 bits per heavy atom. The summed E-state index contributed by atoms with van der Waals surface area (Å²) in [4.78, 5) is 32.3. The second-order valence-electron chi connectivity index (χ2n) is 9.16. The first-order valence-electron chi connectivity index (χ1n) is 11.4. The number of anilines is 1. The first-order chi connectivity index (χ1) is 16.7. The second-order valence-corrected chi connectivity index (χ2v) is 9.95. The molecule has 1 N–H and O–H groups in total. The molecule has 1 amide bonds. The first kappa shape index (κ1) is 25.1. The zero-order chi connectivity index (χ0) is 25.2. The summed E-state index contributed by atoms with van der Waals surface area (Å²) >= 11 is 3.53. The lowest BCUT2D eigenvalue weighted by atomic mass is 10.0. The van der Waals surface area contributed by atoms with Crippen LogP contribution in [0.1, 0.15) is 34.1 Å². The molecule has 0 aliphatic carbocycles. The molecule has 3 aromatic rings. The number of fused-ring (bicyclic) bond motifs is 1. The molecule has 12 heteroatoms. The molecule has 4 rings (SSSR count). The molecule has 0 aromatic carbocycles. The number of nitrogens with zero attached hydrogens (tertiary/aromatic N) is 6. The van der Waals surface area contributed by atoms with Crippen LogP contribution in [0.4, 0.5) is 10.6 Å². The summed E-state index contributed by atoms with van der Waals surface area (Å²) in [5, 5.41) is 3.39. The molecule has 11 nitrogen and oxygen atoms in total. The standard InChI is InChI=1S/C23H30BrN7O4/c1-6-34-21-19(24)20-15(9-26-21)31(13-27-20)18-11-25-10-17(29-18)28-14-12-30(8-7-16(14)33-5)22(32)35-23(2,3)4/h9-11,13-14,16H,6-8,12H2,1-5H3,(H,28,29)/t14-,16-/m0/s1. The summed E-state index contributed by atoms with van der Waals surface area (Å²) in [5.41, 5.74) is 0.914. The van der Waals surface area contributed by atoms with Gasteiger partial charge in [-0.15, -0.1) is 0 Å². The third-order valence-corrected chi connectivity index (χ3v) is 6.21. The van der Waals surface area contributed by atoms with Gasteiger partial charge in [0.05, 0.1) is 42.9 Å². The number of hydrogen-bond acceptors (Lipinski definition) is 9. The van der Waals surface area contributed by atoms with Crippen molar-refractivity contribution in [3.8, 4) is 11.7 Å². The Bertz CT molecular complexity index is 1200. The Labute approximate surface area is 212 Å². The maximum absolute atomic E-state index is 12.6. The van der Waals surface area contributed by atoms with Crippen molar-refractivity contribution in [3.05, 3.63) is 29.4 Å². The van der Waals surface area contributed by atoms with Crippen molar-refractivity contribution in [2.45, 2.75) is 51.9 Å². The van der Waals surface area contributed by atoms with Crippen LogP contribution in [-0.4, -0.2) is 80.0 Å². The Morgan fingerprint density at radius 2 is 2.06 bits per heavy atom. The fourth-order valence-corrected chi connectivity index (χ4v) is 4.45. The molecule has 1 fully saturated rings. The highest BCUT2D eigenvalue weighted by molar-refractivity contribution is 9.10. The number of halogens is 1. The van der Waals surface area contributed by atoms with Crippen molar-refractivity contribution >= 4 is 38.9 Å². The van der Waals surface area contributed by atoms with Crippen molar-refractivity contribution in [2.75, 3.05) is 32.1 Å². The number of ether oxygens (including phenoxy) is 3. The van der Waals surface area contributed by atoms with Gasteiger partial charge in [0.25, 0.3) is 0 Å². The summed E-state index contributed by atoms with van der Waals surface area (Å²) < 4.78 is 19.3. The molecule has 2 atom stereocenters. The van der Waals surface area contributed by atoms with Crippen LogP contribution in [0, 0.1) is 0 Å². The van der Waals surface area contributed by atoms with E-state index in [0.717, 1.165) is 5.52 Å². The Morgan fingerprint density at radius 3 is 2.77 bits per heavy atom. The van der Waals surface area contributed by atoms with Crippen molar-refractivity contribution in [1.82, 2.24) is 29.4 Å². The molecule has 1 saturated heterocycles. The number of hydrogen-bond donors (Lipinski definition) is 1. The third-order valence-electron chi connectivity index (χ3n) is 5.49. The predicted molar refractivity (Wildman–Crippen MR) is 134 cm³/mol. The number of pyridine rings is 1. The molecule has 4 heterocycles. The van der Waals surface area contributed by atoms with Gasteiger partial charge < -0.3 is 24.4 Å². The van der Waals surface area contributed by atoms with Gasteiger partial charge in [-0.2, -0.15) is 0 Å². The number of aromatic nitrogens is 5. The largest absolute Gasteiger partial charge is 0.477 e. The van der Waals surface area contributed by atoms with Gasteiger partial charge in [-0.3, -0.25) is 9.55 Å². The number of amides is 1. The number of imidazole rings is 1. The number of carbonyl (C=O) groups is 1. The summed E-state index contributed by atoms with van der Waals surface area (Å²) in [6, 6.07) is -0.185. The van der Waals surface area contributed by atoms with E-state index >= 15 is 0 Å². The van der Waals surface area contributed by atoms with Crippen LogP contribution in [0.25, 0.3) is 16.9 Å². The van der Waals surface area contributed by atoms with E-state index in [1.807, 2.05) is 32.3 Å². The number of carbonyl (C=O) groups excluding carboxylic acids is 1. The quantitative estimate of drug-likeness (QED) is 0.491. The highest BCUT2D eigenvalue weighted by atomic mass is 79.9. The molecule has 0 unspecified atom stereocenters. The van der Waals surface area contributed by atoms with Crippen molar-refractivity contribution in [3.63, 3.8) is 0 Å². The second kappa shape index (κ2) is 10.3. The van der Waals surface area contributed by atoms with E-state index in [1.54, 1.807) is 36.9 Å². The molecule has 0 radical (unpaired) electrons. The van der Waals surface area contributed by atoms with Crippen molar-refractivity contribution < 1.29 is 19.0 Å². The van der Waals surface area contributed by atoms with Gasteiger partial charge in [0.2, 0.25) is 5.88 Å². The number of methoxy groups -OCH3 is 1. The normalized spacial score (nSPS) is 18.5. The van der Waals surface area contributed by atoms with Gasteiger partial charge in [0.1, 0.15) is 27.7 Å². The lowest BCUT2D eigenvalue weighted by Gasteiger charge is -2.38. The SMILES string of the molecule is CCOc1ncc2c(ncn2-c2cncc(N[C@H]3CN(C(=O)OC(C)(C)C)CC[C@@H]3OC)n2)c1Br. The minimum Gasteiger partial charge on any atom is -0.477 e. The van der Waals surface area contributed by atoms with Crippen LogP contribution in [0.2, 0.25) is 0 Å². The third kappa shape index (κ3) is 5.64. The van der Waals surface area contributed by atoms with E-state index in [2.05, 4.69) is 36.2 Å². The molecule has 0 spiro atoms. The molecule has 0 saturated carbocycles. The maximum Gasteiger partial charge on any atom is 0.410 e. The van der Waals surface area contributed by atoms with Crippen LogP contribution in [0.5, 0.6) is 5.88 Å². The number of piperidine rings is 1. The molecule has 188 valence electrons. The molecule has 1 aliphatic rings. The lowest BCUT2D eigenvalue weighted by molar-refractivity contribution is -0.00285. The number of likely N-dealkylation sites (tertiary alicyclic amines) is 1. The molecule has 3 aromatic heterocycles. The average Bonchev–Trinajstić information content (AvgIpc) is 3.25. The molecular weight excluding hydrogens is 518 g/mol. The molecule has 1 aliphatic heterocycles. The smallest absolute Gasteiger partial charge is 0.410 e. The van der Waals surface area contributed by atoms with E-state index in [-0.39, 0.29) is 18.2 Å². The monoisotopic (exact) mass is 547 g/mol. The minimum atomic E-state index is -0.557. The fraction of sp³-hybridized carbons (Fsp3) is 0.522. The minimum absolute atomic E-state index is 0.0923. The predicted octanol–water partition coefficient (Wildman–Crippen LogP) is 3.81. The van der Waals surface area contributed by atoms with Crippen molar-refractivity contribution in [2.24, 2.45) is 0 Å². The van der Waals surface area contributed by atoms with Gasteiger partial charge >= 0.3 is 6.09 Å². The highest BCUT2D eigenvalue weighted by Gasteiger charge is 2.34. The Hall–Kier alpha value is -2.99. The van der Waals surface area contributed by atoms with E-state index in [0.29, 0.717) is 53.6 Å². The Kier molecular flexibility index (Phi) is 7.41. The summed E-state index contributed by atoms with van der Waals surface area (Å²) in [7, 11) is 1.67. The van der Waals surface area contributed by atoms with Crippen LogP contribution in [0.15, 0.2) is 29.4 Å². The van der Waals surface area contributed by atoms with E-state index in [1.165, 1.54) is 0 Å². The number of nitrogens with one attached hydrogen (secondary N) is 1. The topological polar surface area (TPSA) is 117 Å². The van der Waals surface area contributed by atoms with Gasteiger partial charge in [-0.1, -0.05) is 0 Å². The van der Waals surface area contributed by atoms with Crippen LogP contribution >= 0.6 is 15.9 Å². The highest BCUT2D eigenvalue weighted by Crippen LogP contribution is 2.31. The summed E-state index contributed by atoms with van der Waals surface area (Å²) in [5.74, 6) is 1.62. The van der Waals surface area contributed by atoms with E-state index in [9.17, 15) is 4.79 Å². The van der Waals surface area contributed by atoms with Crippen LogP contribution in [-0.2, 0) is 9.47 Å². The van der Waals surface area contributed by atoms with Gasteiger partial charge in [-0.05, 0) is 50.0 Å². The lowest BCUT2D eigenvalue weighted by Crippen LogP contribution is -2.53. The summed E-state index contributed by atoms with van der Waals surface area (Å²) in [6.45, 7) is 8.96. The zero-order valence-electron chi connectivity index (χ0n) is 20.5. The summed E-state index contributed by atoms with van der Waals surface area (Å²) in [6.07, 6.45) is 6.90. The van der Waals surface area contributed by atoms with Crippen LogP contribution < -0.4 is 10.1 Å². The zero-order valence-corrected chi connectivity index (χ0v) is 22.1. The van der Waals surface area contributed by atoms with E-state index in [4.69, 9.17) is 19.2 Å². The fourth-order valence-electron chi connectivity index (χ4n) is 3.92.